The van der Waals surface area contributed by atoms with Crippen LogP contribution in [-0.4, -0.2) is 51.9 Å². The lowest BCUT2D eigenvalue weighted by atomic mass is 10.3. The first kappa shape index (κ1) is 16.8. The number of ether oxygens (including phenoxy) is 1. The predicted octanol–water partition coefficient (Wildman–Crippen LogP) is 2.29. The van der Waals surface area contributed by atoms with Crippen LogP contribution in [0.15, 0.2) is 29.4 Å². The molecule has 0 saturated carbocycles. The minimum atomic E-state index is -0.222. The molecule has 0 N–H and O–H groups in total. The van der Waals surface area contributed by atoms with Crippen molar-refractivity contribution in [2.75, 3.05) is 26.3 Å². The number of amides is 1. The molecule has 3 rings (SSSR count). The van der Waals surface area contributed by atoms with Gasteiger partial charge in [0.25, 0.3) is 0 Å². The molecule has 0 radical (unpaired) electrons. The summed E-state index contributed by atoms with van der Waals surface area (Å²) in [4.78, 5) is 19.1. The van der Waals surface area contributed by atoms with E-state index in [9.17, 15) is 4.79 Å². The number of morpholine rings is 1. The molecule has 1 aromatic heterocycles. The van der Waals surface area contributed by atoms with Gasteiger partial charge in [0, 0.05) is 19.6 Å². The Balaban J connectivity index is 1.80. The first-order valence-corrected chi connectivity index (χ1v) is 8.94. The second-order valence-corrected chi connectivity index (χ2v) is 6.95. The number of rotatable bonds is 5. The van der Waals surface area contributed by atoms with E-state index in [1.807, 2.05) is 40.7 Å². The maximum atomic E-state index is 12.6. The van der Waals surface area contributed by atoms with E-state index in [4.69, 9.17) is 10.00 Å². The third-order valence-corrected chi connectivity index (χ3v) is 5.10. The van der Waals surface area contributed by atoms with Crippen LogP contribution in [0.1, 0.15) is 13.3 Å². The number of fused-ring (bicyclic) bond motifs is 1. The molecule has 24 heavy (non-hydrogen) atoms. The minimum absolute atomic E-state index is 0.113. The Morgan fingerprint density at radius 2 is 2.17 bits per heavy atom. The number of nitriles is 1. The SMILES string of the molecule is C[C@@H](Sc1nc2ccccc2n1CCC#N)C(=O)N1CCOCC1. The zero-order valence-corrected chi connectivity index (χ0v) is 14.5. The van der Waals surface area contributed by atoms with Crippen LogP contribution in [0.5, 0.6) is 0 Å². The van der Waals surface area contributed by atoms with Gasteiger partial charge in [-0.05, 0) is 19.1 Å². The molecule has 126 valence electrons. The van der Waals surface area contributed by atoms with E-state index in [1.165, 1.54) is 11.8 Å². The lowest BCUT2D eigenvalue weighted by Gasteiger charge is -2.28. The number of carbonyl (C=O) groups is 1. The highest BCUT2D eigenvalue weighted by Gasteiger charge is 2.25. The van der Waals surface area contributed by atoms with Crippen molar-refractivity contribution in [1.82, 2.24) is 14.5 Å². The smallest absolute Gasteiger partial charge is 0.236 e. The van der Waals surface area contributed by atoms with E-state index in [2.05, 4.69) is 11.1 Å². The summed E-state index contributed by atoms with van der Waals surface area (Å²) in [7, 11) is 0. The molecule has 1 aliphatic rings. The van der Waals surface area contributed by atoms with Crippen LogP contribution in [0, 0.1) is 11.3 Å². The average molecular weight is 344 g/mol. The Hall–Kier alpha value is -2.04. The fourth-order valence-corrected chi connectivity index (χ4v) is 3.80. The molecule has 0 spiro atoms. The van der Waals surface area contributed by atoms with E-state index >= 15 is 0 Å². The second-order valence-electron chi connectivity index (χ2n) is 5.64. The molecule has 2 heterocycles. The molecule has 0 bridgehead atoms. The molecule has 1 aliphatic heterocycles. The van der Waals surface area contributed by atoms with Crippen LogP contribution in [-0.2, 0) is 16.1 Å². The molecule has 1 aromatic carbocycles. The van der Waals surface area contributed by atoms with Crippen molar-refractivity contribution in [3.05, 3.63) is 24.3 Å². The summed E-state index contributed by atoms with van der Waals surface area (Å²) in [5.74, 6) is 0.113. The van der Waals surface area contributed by atoms with Crippen LogP contribution in [0.4, 0.5) is 0 Å². The summed E-state index contributed by atoms with van der Waals surface area (Å²) in [6.07, 6.45) is 0.416. The highest BCUT2D eigenvalue weighted by atomic mass is 32.2. The number of aryl methyl sites for hydroxylation is 1. The highest BCUT2D eigenvalue weighted by molar-refractivity contribution is 8.00. The lowest BCUT2D eigenvalue weighted by Crippen LogP contribution is -2.44. The fourth-order valence-electron chi connectivity index (χ4n) is 2.77. The van der Waals surface area contributed by atoms with Crippen LogP contribution >= 0.6 is 11.8 Å². The van der Waals surface area contributed by atoms with Crippen LogP contribution in [0.25, 0.3) is 11.0 Å². The van der Waals surface area contributed by atoms with Gasteiger partial charge in [0.05, 0.1) is 42.0 Å². The molecular weight excluding hydrogens is 324 g/mol. The summed E-state index contributed by atoms with van der Waals surface area (Å²) in [5, 5.41) is 9.48. The van der Waals surface area contributed by atoms with Gasteiger partial charge in [-0.2, -0.15) is 5.26 Å². The highest BCUT2D eigenvalue weighted by Crippen LogP contribution is 2.28. The maximum absolute atomic E-state index is 12.6. The maximum Gasteiger partial charge on any atom is 0.236 e. The standard InChI is InChI=1S/C17H20N4O2S/c1-13(16(22)20-9-11-23-12-10-20)24-17-19-14-5-2-3-6-15(14)21(17)8-4-7-18/h2-3,5-6,13H,4,8-12H2,1H3/t13-/m1/s1. The van der Waals surface area contributed by atoms with Gasteiger partial charge in [0.2, 0.25) is 5.91 Å². The number of hydrogen-bond acceptors (Lipinski definition) is 5. The van der Waals surface area contributed by atoms with Crippen LogP contribution < -0.4 is 0 Å². The molecular formula is C17H20N4O2S. The number of thioether (sulfide) groups is 1. The van der Waals surface area contributed by atoms with Gasteiger partial charge in [0.15, 0.2) is 5.16 Å². The normalized spacial score (nSPS) is 16.1. The number of carbonyl (C=O) groups excluding carboxylic acids is 1. The van der Waals surface area contributed by atoms with Gasteiger partial charge in [-0.15, -0.1) is 0 Å². The summed E-state index contributed by atoms with van der Waals surface area (Å²) >= 11 is 1.46. The number of para-hydroxylation sites is 2. The van der Waals surface area contributed by atoms with Gasteiger partial charge >= 0.3 is 0 Å². The van der Waals surface area contributed by atoms with Gasteiger partial charge < -0.3 is 14.2 Å². The first-order chi connectivity index (χ1) is 11.7. The van der Waals surface area contributed by atoms with E-state index in [-0.39, 0.29) is 11.2 Å². The molecule has 2 aromatic rings. The van der Waals surface area contributed by atoms with Crippen molar-refractivity contribution in [2.45, 2.75) is 30.3 Å². The van der Waals surface area contributed by atoms with E-state index in [1.54, 1.807) is 0 Å². The average Bonchev–Trinajstić information content (AvgIpc) is 2.97. The summed E-state index contributed by atoms with van der Waals surface area (Å²) in [6.45, 7) is 4.99. The van der Waals surface area contributed by atoms with Gasteiger partial charge in [-0.1, -0.05) is 23.9 Å². The fraction of sp³-hybridized carbons (Fsp3) is 0.471. The van der Waals surface area contributed by atoms with Crippen LogP contribution in [0.2, 0.25) is 0 Å². The predicted molar refractivity (Wildman–Crippen MR) is 92.7 cm³/mol. The van der Waals surface area contributed by atoms with E-state index < -0.39 is 0 Å². The van der Waals surface area contributed by atoms with Gasteiger partial charge in [-0.3, -0.25) is 4.79 Å². The summed E-state index contributed by atoms with van der Waals surface area (Å²) in [6, 6.07) is 10.0. The second kappa shape index (κ2) is 7.69. The van der Waals surface area contributed by atoms with Gasteiger partial charge in [-0.25, -0.2) is 4.98 Å². The number of nitrogens with zero attached hydrogens (tertiary/aromatic N) is 4. The molecule has 0 unspecified atom stereocenters. The zero-order chi connectivity index (χ0) is 16.9. The third kappa shape index (κ3) is 3.55. The zero-order valence-electron chi connectivity index (χ0n) is 13.6. The Kier molecular flexibility index (Phi) is 5.38. The molecule has 1 saturated heterocycles. The summed E-state index contributed by atoms with van der Waals surface area (Å²) < 4.78 is 7.34. The van der Waals surface area contributed by atoms with Crippen molar-refractivity contribution in [1.29, 1.82) is 5.26 Å². The topological polar surface area (TPSA) is 71.2 Å². The molecule has 1 atom stereocenters. The molecule has 1 fully saturated rings. The Bertz CT molecular complexity index is 762. The Labute approximate surface area is 145 Å². The minimum Gasteiger partial charge on any atom is -0.378 e. The third-order valence-electron chi connectivity index (χ3n) is 4.02. The van der Waals surface area contributed by atoms with E-state index in [0.29, 0.717) is 39.3 Å². The number of imidazole rings is 1. The monoisotopic (exact) mass is 344 g/mol. The largest absolute Gasteiger partial charge is 0.378 e. The first-order valence-electron chi connectivity index (χ1n) is 8.06. The van der Waals surface area contributed by atoms with Crippen molar-refractivity contribution in [3.8, 4) is 6.07 Å². The Morgan fingerprint density at radius 3 is 2.92 bits per heavy atom. The van der Waals surface area contributed by atoms with Crippen molar-refractivity contribution >= 4 is 28.7 Å². The van der Waals surface area contributed by atoms with Crippen molar-refractivity contribution < 1.29 is 9.53 Å². The Morgan fingerprint density at radius 1 is 1.42 bits per heavy atom. The van der Waals surface area contributed by atoms with Crippen molar-refractivity contribution in [2.24, 2.45) is 0 Å². The number of aromatic nitrogens is 2. The van der Waals surface area contributed by atoms with Crippen LogP contribution in [0.3, 0.4) is 0 Å². The summed E-state index contributed by atoms with van der Waals surface area (Å²) in [5.41, 5.74) is 1.89. The molecule has 1 amide bonds. The number of benzene rings is 1. The molecule has 0 aliphatic carbocycles. The van der Waals surface area contributed by atoms with E-state index in [0.717, 1.165) is 16.2 Å². The molecule has 7 heteroatoms. The molecule has 6 nitrogen and oxygen atoms in total. The van der Waals surface area contributed by atoms with Gasteiger partial charge in [0.1, 0.15) is 0 Å². The quantitative estimate of drug-likeness (QED) is 0.778. The lowest BCUT2D eigenvalue weighted by molar-refractivity contribution is -0.134. The van der Waals surface area contributed by atoms with Crippen molar-refractivity contribution in [3.63, 3.8) is 0 Å². The number of hydrogen-bond donors (Lipinski definition) is 0.